The molecule has 3 rings (SSSR count). The highest BCUT2D eigenvalue weighted by molar-refractivity contribution is 5.80. The number of hydrogen-bond donors (Lipinski definition) is 1. The van der Waals surface area contributed by atoms with Crippen LogP contribution in [0.3, 0.4) is 0 Å². The molecule has 1 saturated heterocycles. The smallest absolute Gasteiger partial charge is 0.234 e. The predicted octanol–water partition coefficient (Wildman–Crippen LogP) is 0.989. The molecular weight excluding hydrogens is 266 g/mol. The monoisotopic (exact) mass is 293 g/mol. The Hall–Kier alpha value is -1.10. The minimum atomic E-state index is 0.143. The van der Waals surface area contributed by atoms with Crippen LogP contribution in [0.4, 0.5) is 0 Å². The highest BCUT2D eigenvalue weighted by Gasteiger charge is 2.29. The van der Waals surface area contributed by atoms with Crippen molar-refractivity contribution in [2.24, 2.45) is 5.92 Å². The predicted molar refractivity (Wildman–Crippen MR) is 80.8 cm³/mol. The van der Waals surface area contributed by atoms with Crippen LogP contribution in [0.15, 0.2) is 0 Å². The molecule has 0 radical (unpaired) electrons. The number of hydrogen-bond acceptors (Lipinski definition) is 3. The number of carbonyl (C=O) groups excluding carboxylic acids is 2. The number of rotatable bonds is 4. The van der Waals surface area contributed by atoms with Crippen LogP contribution in [0.5, 0.6) is 0 Å². The van der Waals surface area contributed by atoms with E-state index in [1.807, 2.05) is 4.90 Å². The summed E-state index contributed by atoms with van der Waals surface area (Å²) in [7, 11) is 0. The molecule has 1 heterocycles. The summed E-state index contributed by atoms with van der Waals surface area (Å²) in [6, 6.07) is 0.437. The molecule has 0 bridgehead atoms. The summed E-state index contributed by atoms with van der Waals surface area (Å²) in [4.78, 5) is 28.4. The molecule has 0 atom stereocenters. The van der Waals surface area contributed by atoms with Gasteiger partial charge in [0.25, 0.3) is 0 Å². The third kappa shape index (κ3) is 4.19. The normalized spacial score (nSPS) is 24.9. The Morgan fingerprint density at radius 3 is 2.19 bits per heavy atom. The van der Waals surface area contributed by atoms with E-state index in [4.69, 9.17) is 0 Å². The van der Waals surface area contributed by atoms with Crippen molar-refractivity contribution in [3.63, 3.8) is 0 Å². The van der Waals surface area contributed by atoms with Crippen molar-refractivity contribution in [2.75, 3.05) is 32.7 Å². The van der Waals surface area contributed by atoms with Gasteiger partial charge in [-0.25, -0.2) is 0 Å². The number of piperazine rings is 1. The summed E-state index contributed by atoms with van der Waals surface area (Å²) in [5.74, 6) is 0.768. The lowest BCUT2D eigenvalue weighted by molar-refractivity contribution is -0.138. The first kappa shape index (κ1) is 14.8. The van der Waals surface area contributed by atoms with Gasteiger partial charge in [0.2, 0.25) is 11.8 Å². The molecule has 0 aromatic heterocycles. The molecule has 0 aromatic rings. The summed E-state index contributed by atoms with van der Waals surface area (Å²) in [5.41, 5.74) is 0. The fourth-order valence-corrected chi connectivity index (χ4v) is 3.44. The van der Waals surface area contributed by atoms with Crippen molar-refractivity contribution in [3.05, 3.63) is 0 Å². The molecule has 3 fully saturated rings. The van der Waals surface area contributed by atoms with Crippen molar-refractivity contribution in [3.8, 4) is 0 Å². The molecule has 0 aromatic carbocycles. The van der Waals surface area contributed by atoms with Gasteiger partial charge in [0, 0.05) is 38.1 Å². The Balaban J connectivity index is 1.39. The van der Waals surface area contributed by atoms with Crippen LogP contribution in [0.1, 0.15) is 44.9 Å². The lowest BCUT2D eigenvalue weighted by Gasteiger charge is -2.36. The van der Waals surface area contributed by atoms with Gasteiger partial charge in [-0.1, -0.05) is 19.3 Å². The van der Waals surface area contributed by atoms with Gasteiger partial charge in [-0.2, -0.15) is 0 Å². The molecule has 2 amide bonds. The van der Waals surface area contributed by atoms with Crippen LogP contribution in [-0.4, -0.2) is 60.4 Å². The first-order chi connectivity index (χ1) is 10.2. The fourth-order valence-electron chi connectivity index (χ4n) is 3.44. The molecule has 0 unspecified atom stereocenters. The zero-order valence-electron chi connectivity index (χ0n) is 12.9. The second-order valence-corrected chi connectivity index (χ2v) is 6.78. The van der Waals surface area contributed by atoms with Crippen molar-refractivity contribution in [2.45, 2.75) is 51.0 Å². The minimum absolute atomic E-state index is 0.143. The van der Waals surface area contributed by atoms with E-state index in [-0.39, 0.29) is 11.8 Å². The first-order valence-corrected chi connectivity index (χ1v) is 8.53. The summed E-state index contributed by atoms with van der Waals surface area (Å²) < 4.78 is 0. The van der Waals surface area contributed by atoms with Gasteiger partial charge in [-0.3, -0.25) is 14.5 Å². The summed E-state index contributed by atoms with van der Waals surface area (Å²) >= 11 is 0. The number of nitrogens with zero attached hydrogens (tertiary/aromatic N) is 2. The second-order valence-electron chi connectivity index (χ2n) is 6.78. The molecule has 1 N–H and O–H groups in total. The fraction of sp³-hybridized carbons (Fsp3) is 0.875. The molecule has 3 aliphatic rings. The maximum absolute atomic E-state index is 12.5. The van der Waals surface area contributed by atoms with Crippen LogP contribution in [0, 0.1) is 5.92 Å². The van der Waals surface area contributed by atoms with E-state index >= 15 is 0 Å². The zero-order valence-corrected chi connectivity index (χ0v) is 12.9. The van der Waals surface area contributed by atoms with Gasteiger partial charge in [0.15, 0.2) is 0 Å². The van der Waals surface area contributed by atoms with E-state index in [1.165, 1.54) is 19.3 Å². The van der Waals surface area contributed by atoms with Gasteiger partial charge in [0.1, 0.15) is 0 Å². The van der Waals surface area contributed by atoms with Gasteiger partial charge in [-0.05, 0) is 25.7 Å². The number of amides is 2. The Morgan fingerprint density at radius 1 is 0.905 bits per heavy atom. The van der Waals surface area contributed by atoms with E-state index in [1.54, 1.807) is 0 Å². The van der Waals surface area contributed by atoms with Gasteiger partial charge < -0.3 is 10.2 Å². The molecule has 21 heavy (non-hydrogen) atoms. The van der Waals surface area contributed by atoms with Crippen LogP contribution < -0.4 is 5.32 Å². The van der Waals surface area contributed by atoms with E-state index in [0.29, 0.717) is 18.5 Å². The molecule has 2 aliphatic carbocycles. The molecule has 2 saturated carbocycles. The highest BCUT2D eigenvalue weighted by atomic mass is 16.2. The quantitative estimate of drug-likeness (QED) is 0.841. The summed E-state index contributed by atoms with van der Waals surface area (Å²) in [6.07, 6.45) is 8.11. The van der Waals surface area contributed by atoms with Crippen LogP contribution in [0.25, 0.3) is 0 Å². The third-order valence-corrected chi connectivity index (χ3v) is 4.95. The molecule has 0 spiro atoms. The molecule has 5 nitrogen and oxygen atoms in total. The van der Waals surface area contributed by atoms with Crippen LogP contribution in [-0.2, 0) is 9.59 Å². The maximum atomic E-state index is 12.5. The van der Waals surface area contributed by atoms with Crippen molar-refractivity contribution < 1.29 is 9.59 Å². The molecule has 118 valence electrons. The SMILES string of the molecule is O=C(CN1CCN(C(=O)C2CCCCC2)CC1)NC1CC1. The van der Waals surface area contributed by atoms with E-state index in [2.05, 4.69) is 10.2 Å². The topological polar surface area (TPSA) is 52.7 Å². The van der Waals surface area contributed by atoms with Crippen molar-refractivity contribution in [1.29, 1.82) is 0 Å². The van der Waals surface area contributed by atoms with Gasteiger partial charge >= 0.3 is 0 Å². The Kier molecular flexibility index (Phi) is 4.78. The maximum Gasteiger partial charge on any atom is 0.234 e. The number of carbonyl (C=O) groups is 2. The third-order valence-electron chi connectivity index (χ3n) is 4.95. The minimum Gasteiger partial charge on any atom is -0.352 e. The Morgan fingerprint density at radius 2 is 1.57 bits per heavy atom. The van der Waals surface area contributed by atoms with E-state index in [9.17, 15) is 9.59 Å². The largest absolute Gasteiger partial charge is 0.352 e. The Bertz CT molecular complexity index is 381. The lowest BCUT2D eigenvalue weighted by atomic mass is 9.88. The first-order valence-electron chi connectivity index (χ1n) is 8.53. The molecular formula is C16H27N3O2. The average Bonchev–Trinajstić information content (AvgIpc) is 3.32. The van der Waals surface area contributed by atoms with Crippen molar-refractivity contribution >= 4 is 11.8 Å². The second kappa shape index (κ2) is 6.77. The summed E-state index contributed by atoms with van der Waals surface area (Å²) in [5, 5.41) is 3.03. The van der Waals surface area contributed by atoms with E-state index in [0.717, 1.165) is 51.9 Å². The highest BCUT2D eigenvalue weighted by Crippen LogP contribution is 2.25. The zero-order chi connectivity index (χ0) is 14.7. The number of nitrogens with one attached hydrogen (secondary N) is 1. The van der Waals surface area contributed by atoms with Gasteiger partial charge in [0.05, 0.1) is 6.54 Å². The Labute approximate surface area is 127 Å². The lowest BCUT2D eigenvalue weighted by Crippen LogP contribution is -2.52. The van der Waals surface area contributed by atoms with Gasteiger partial charge in [-0.15, -0.1) is 0 Å². The summed E-state index contributed by atoms with van der Waals surface area (Å²) in [6.45, 7) is 3.72. The van der Waals surface area contributed by atoms with Crippen molar-refractivity contribution in [1.82, 2.24) is 15.1 Å². The van der Waals surface area contributed by atoms with Crippen LogP contribution >= 0.6 is 0 Å². The molecule has 5 heteroatoms. The van der Waals surface area contributed by atoms with E-state index < -0.39 is 0 Å². The molecule has 1 aliphatic heterocycles. The standard InChI is InChI=1S/C16H27N3O2/c20-15(17-14-6-7-14)12-18-8-10-19(11-9-18)16(21)13-4-2-1-3-5-13/h13-14H,1-12H2,(H,17,20). The average molecular weight is 293 g/mol. The van der Waals surface area contributed by atoms with Crippen LogP contribution in [0.2, 0.25) is 0 Å².